The van der Waals surface area contributed by atoms with Crippen molar-refractivity contribution in [1.82, 2.24) is 15.1 Å². The van der Waals surface area contributed by atoms with Gasteiger partial charge in [0.1, 0.15) is 5.82 Å². The predicted octanol–water partition coefficient (Wildman–Crippen LogP) is 2.95. The zero-order valence-corrected chi connectivity index (χ0v) is 13.9. The molecule has 0 radical (unpaired) electrons. The molecule has 1 aromatic heterocycles. The van der Waals surface area contributed by atoms with E-state index in [1.165, 1.54) is 12.1 Å². The third-order valence-electron chi connectivity index (χ3n) is 4.81. The van der Waals surface area contributed by atoms with Crippen molar-refractivity contribution >= 4 is 5.91 Å². The summed E-state index contributed by atoms with van der Waals surface area (Å²) in [5, 5.41) is 7.49. The second-order valence-corrected chi connectivity index (χ2v) is 6.44. The monoisotopic (exact) mass is 315 g/mol. The molecule has 1 saturated carbocycles. The number of benzene rings is 1. The minimum Gasteiger partial charge on any atom is -0.352 e. The molecule has 0 bridgehead atoms. The van der Waals surface area contributed by atoms with Crippen LogP contribution in [0, 0.1) is 19.7 Å². The first-order chi connectivity index (χ1) is 10.9. The van der Waals surface area contributed by atoms with Crippen molar-refractivity contribution in [2.75, 3.05) is 0 Å². The summed E-state index contributed by atoms with van der Waals surface area (Å²) in [7, 11) is 1.89. The minimum absolute atomic E-state index is 0.0267. The number of nitrogens with zero attached hydrogens (tertiary/aromatic N) is 2. The van der Waals surface area contributed by atoms with E-state index < -0.39 is 0 Å². The summed E-state index contributed by atoms with van der Waals surface area (Å²) in [6.45, 7) is 5.84. The highest BCUT2D eigenvalue weighted by Gasteiger charge is 2.40. The Hall–Kier alpha value is -2.17. The van der Waals surface area contributed by atoms with E-state index in [0.29, 0.717) is 5.92 Å². The number of aryl methyl sites for hydroxylation is 2. The van der Waals surface area contributed by atoms with Gasteiger partial charge < -0.3 is 5.32 Å². The van der Waals surface area contributed by atoms with E-state index in [0.717, 1.165) is 28.9 Å². The van der Waals surface area contributed by atoms with Gasteiger partial charge in [0.05, 0.1) is 11.6 Å². The molecule has 1 amide bonds. The maximum atomic E-state index is 13.0. The van der Waals surface area contributed by atoms with Gasteiger partial charge in [-0.3, -0.25) is 9.48 Å². The van der Waals surface area contributed by atoms with Gasteiger partial charge in [0.15, 0.2) is 0 Å². The fourth-order valence-electron chi connectivity index (χ4n) is 3.29. The summed E-state index contributed by atoms with van der Waals surface area (Å²) < 4.78 is 14.8. The third kappa shape index (κ3) is 3.00. The molecule has 1 aliphatic rings. The number of carbonyl (C=O) groups excluding carboxylic acids is 1. The van der Waals surface area contributed by atoms with Crippen LogP contribution in [-0.4, -0.2) is 21.7 Å². The Bertz CT molecular complexity index is 735. The second kappa shape index (κ2) is 5.80. The molecule has 3 atom stereocenters. The van der Waals surface area contributed by atoms with Crippen molar-refractivity contribution in [3.05, 3.63) is 52.6 Å². The molecule has 3 rings (SSSR count). The van der Waals surface area contributed by atoms with Crippen LogP contribution in [0.3, 0.4) is 0 Å². The van der Waals surface area contributed by atoms with Crippen molar-refractivity contribution in [2.45, 2.75) is 45.1 Å². The Balaban J connectivity index is 1.65. The van der Waals surface area contributed by atoms with Crippen molar-refractivity contribution in [3.63, 3.8) is 0 Å². The van der Waals surface area contributed by atoms with Gasteiger partial charge in [-0.1, -0.05) is 12.1 Å². The number of nitrogens with one attached hydrogen (secondary N) is 1. The summed E-state index contributed by atoms with van der Waals surface area (Å²) >= 11 is 0. The molecule has 23 heavy (non-hydrogen) atoms. The van der Waals surface area contributed by atoms with Crippen LogP contribution in [0.4, 0.5) is 4.39 Å². The van der Waals surface area contributed by atoms with E-state index in [-0.39, 0.29) is 23.7 Å². The molecule has 1 aliphatic carbocycles. The van der Waals surface area contributed by atoms with E-state index in [9.17, 15) is 9.18 Å². The fraction of sp³-hybridized carbons (Fsp3) is 0.444. The van der Waals surface area contributed by atoms with Crippen LogP contribution in [0.5, 0.6) is 0 Å². The number of aromatic nitrogens is 2. The molecule has 2 aromatic rings. The average molecular weight is 315 g/mol. The van der Waals surface area contributed by atoms with Gasteiger partial charge in [0.2, 0.25) is 5.91 Å². The Morgan fingerprint density at radius 1 is 1.35 bits per heavy atom. The van der Waals surface area contributed by atoms with E-state index >= 15 is 0 Å². The van der Waals surface area contributed by atoms with Crippen LogP contribution in [0.15, 0.2) is 24.3 Å². The SMILES string of the molecule is Cc1nn(C)c(C)c1[C@H](C)C(=O)N[C@H]1C[C@H]1c1ccc(F)cc1. The first kappa shape index (κ1) is 15.7. The summed E-state index contributed by atoms with van der Waals surface area (Å²) in [6, 6.07) is 6.68. The molecular formula is C18H22FN3O. The van der Waals surface area contributed by atoms with Crippen molar-refractivity contribution in [1.29, 1.82) is 0 Å². The van der Waals surface area contributed by atoms with Gasteiger partial charge in [-0.15, -0.1) is 0 Å². The molecule has 0 unspecified atom stereocenters. The van der Waals surface area contributed by atoms with Gasteiger partial charge in [0, 0.05) is 30.3 Å². The molecule has 0 spiro atoms. The molecule has 0 aliphatic heterocycles. The molecular weight excluding hydrogens is 293 g/mol. The van der Waals surface area contributed by atoms with Crippen LogP contribution in [-0.2, 0) is 11.8 Å². The number of halogens is 1. The normalized spacial score (nSPS) is 21.1. The lowest BCUT2D eigenvalue weighted by atomic mass is 9.98. The lowest BCUT2D eigenvalue weighted by molar-refractivity contribution is -0.122. The molecule has 1 N–H and O–H groups in total. The van der Waals surface area contributed by atoms with Crippen molar-refractivity contribution < 1.29 is 9.18 Å². The third-order valence-corrected chi connectivity index (χ3v) is 4.81. The van der Waals surface area contributed by atoms with Gasteiger partial charge in [-0.05, 0) is 44.9 Å². The van der Waals surface area contributed by atoms with Crippen LogP contribution in [0.25, 0.3) is 0 Å². The van der Waals surface area contributed by atoms with Gasteiger partial charge in [0.25, 0.3) is 0 Å². The van der Waals surface area contributed by atoms with E-state index in [1.54, 1.807) is 12.1 Å². The number of carbonyl (C=O) groups is 1. The lowest BCUT2D eigenvalue weighted by Gasteiger charge is -2.13. The maximum absolute atomic E-state index is 13.0. The highest BCUT2D eigenvalue weighted by molar-refractivity contribution is 5.84. The molecule has 122 valence electrons. The highest BCUT2D eigenvalue weighted by Crippen LogP contribution is 2.41. The standard InChI is InChI=1S/C18H22FN3O/c1-10(17-11(2)21-22(4)12(17)3)18(23)20-16-9-15(16)13-5-7-14(19)8-6-13/h5-8,10,15-16H,9H2,1-4H3,(H,20,23)/t10-,15-,16-/m0/s1. The van der Waals surface area contributed by atoms with Gasteiger partial charge >= 0.3 is 0 Å². The van der Waals surface area contributed by atoms with Crippen LogP contribution >= 0.6 is 0 Å². The molecule has 0 saturated heterocycles. The van der Waals surface area contributed by atoms with E-state index in [1.807, 2.05) is 32.5 Å². The largest absolute Gasteiger partial charge is 0.352 e. The molecule has 1 heterocycles. The van der Waals surface area contributed by atoms with E-state index in [2.05, 4.69) is 10.4 Å². The van der Waals surface area contributed by atoms with Crippen LogP contribution < -0.4 is 5.32 Å². The van der Waals surface area contributed by atoms with Gasteiger partial charge in [-0.25, -0.2) is 4.39 Å². The summed E-state index contributed by atoms with van der Waals surface area (Å²) in [4.78, 5) is 12.5. The van der Waals surface area contributed by atoms with Crippen molar-refractivity contribution in [2.24, 2.45) is 7.05 Å². The predicted molar refractivity (Wildman–Crippen MR) is 86.8 cm³/mol. The molecule has 5 heteroatoms. The Kier molecular flexibility index (Phi) is 3.96. The number of hydrogen-bond acceptors (Lipinski definition) is 2. The molecule has 4 nitrogen and oxygen atoms in total. The second-order valence-electron chi connectivity index (χ2n) is 6.44. The van der Waals surface area contributed by atoms with Crippen molar-refractivity contribution in [3.8, 4) is 0 Å². The molecule has 1 aromatic carbocycles. The average Bonchev–Trinajstić information content (AvgIpc) is 3.21. The smallest absolute Gasteiger partial charge is 0.227 e. The number of hydrogen-bond donors (Lipinski definition) is 1. The summed E-state index contributed by atoms with van der Waals surface area (Å²) in [5.74, 6) is -0.133. The fourth-order valence-corrected chi connectivity index (χ4v) is 3.29. The topological polar surface area (TPSA) is 46.9 Å². The number of amides is 1. The number of rotatable bonds is 4. The molecule has 1 fully saturated rings. The van der Waals surface area contributed by atoms with E-state index in [4.69, 9.17) is 0 Å². The highest BCUT2D eigenvalue weighted by atomic mass is 19.1. The maximum Gasteiger partial charge on any atom is 0.227 e. The first-order valence-corrected chi connectivity index (χ1v) is 7.94. The first-order valence-electron chi connectivity index (χ1n) is 7.94. The zero-order chi connectivity index (χ0) is 16.7. The van der Waals surface area contributed by atoms with Crippen LogP contribution in [0.1, 0.15) is 47.7 Å². The minimum atomic E-state index is -0.230. The zero-order valence-electron chi connectivity index (χ0n) is 13.9. The van der Waals surface area contributed by atoms with Crippen LogP contribution in [0.2, 0.25) is 0 Å². The Morgan fingerprint density at radius 3 is 2.57 bits per heavy atom. The van der Waals surface area contributed by atoms with Gasteiger partial charge in [-0.2, -0.15) is 5.10 Å². The lowest BCUT2D eigenvalue weighted by Crippen LogP contribution is -2.31. The summed E-state index contributed by atoms with van der Waals surface area (Å²) in [6.07, 6.45) is 0.912. The Labute approximate surface area is 135 Å². The summed E-state index contributed by atoms with van der Waals surface area (Å²) in [5.41, 5.74) is 4.01. The quantitative estimate of drug-likeness (QED) is 0.943. The Morgan fingerprint density at radius 2 is 2.00 bits per heavy atom.